The van der Waals surface area contributed by atoms with Gasteiger partial charge in [0.2, 0.25) is 12.0 Å². The molecule has 1 atom stereocenters. The number of esters is 2. The molecule has 0 aliphatic carbocycles. The highest BCUT2D eigenvalue weighted by atomic mass is 16.7. The summed E-state index contributed by atoms with van der Waals surface area (Å²) in [5.41, 5.74) is 0.187. The first kappa shape index (κ1) is 16.5. The van der Waals surface area contributed by atoms with Gasteiger partial charge in [0.05, 0.1) is 25.4 Å². The summed E-state index contributed by atoms with van der Waals surface area (Å²) in [6.07, 6.45) is 1.47. The molecule has 114 valence electrons. The summed E-state index contributed by atoms with van der Waals surface area (Å²) in [5, 5.41) is 0. The Labute approximate surface area is 119 Å². The second kappa shape index (κ2) is 8.58. The van der Waals surface area contributed by atoms with E-state index in [1.165, 1.54) is 0 Å². The lowest BCUT2D eigenvalue weighted by Crippen LogP contribution is -2.16. The number of carbonyl (C=O) groups excluding carboxylic acids is 2. The summed E-state index contributed by atoms with van der Waals surface area (Å²) in [6, 6.07) is 0. The maximum Gasteiger partial charge on any atom is 0.374 e. The Hall–Kier alpha value is -1.56. The van der Waals surface area contributed by atoms with E-state index in [1.807, 2.05) is 6.92 Å². The molecule has 0 N–H and O–H groups in total. The van der Waals surface area contributed by atoms with Gasteiger partial charge in [0.15, 0.2) is 0 Å². The summed E-state index contributed by atoms with van der Waals surface area (Å²) in [5.74, 6) is -1.30. The number of ether oxygens (including phenoxy) is 4. The van der Waals surface area contributed by atoms with Gasteiger partial charge < -0.3 is 18.9 Å². The number of rotatable bonds is 8. The fourth-order valence-corrected chi connectivity index (χ4v) is 1.72. The minimum absolute atomic E-state index is 0.0909. The highest BCUT2D eigenvalue weighted by molar-refractivity contribution is 5.99. The first-order chi connectivity index (χ1) is 9.63. The van der Waals surface area contributed by atoms with Crippen LogP contribution in [0.5, 0.6) is 0 Å². The van der Waals surface area contributed by atoms with Crippen molar-refractivity contribution in [2.75, 3.05) is 19.8 Å². The van der Waals surface area contributed by atoms with Crippen LogP contribution in [-0.4, -0.2) is 38.0 Å². The van der Waals surface area contributed by atoms with E-state index in [4.69, 9.17) is 18.9 Å². The zero-order chi connectivity index (χ0) is 15.0. The van der Waals surface area contributed by atoms with Crippen LogP contribution in [0.25, 0.3) is 0 Å². The van der Waals surface area contributed by atoms with Crippen molar-refractivity contribution in [2.45, 2.75) is 46.3 Å². The zero-order valence-corrected chi connectivity index (χ0v) is 12.3. The minimum atomic E-state index is -0.655. The van der Waals surface area contributed by atoms with Crippen LogP contribution >= 0.6 is 0 Å². The molecule has 1 rings (SSSR count). The highest BCUT2D eigenvalue weighted by Crippen LogP contribution is 2.28. The molecule has 6 nitrogen and oxygen atoms in total. The maximum absolute atomic E-state index is 11.8. The van der Waals surface area contributed by atoms with Gasteiger partial charge in [0, 0.05) is 6.42 Å². The topological polar surface area (TPSA) is 71.1 Å². The summed E-state index contributed by atoms with van der Waals surface area (Å²) < 4.78 is 20.7. The molecule has 0 bridgehead atoms. The largest absolute Gasteiger partial charge is 0.463 e. The Bertz CT molecular complexity index is 344. The van der Waals surface area contributed by atoms with E-state index in [0.717, 1.165) is 12.8 Å². The molecule has 0 fully saturated rings. The van der Waals surface area contributed by atoms with Crippen LogP contribution in [0.3, 0.4) is 0 Å². The fraction of sp³-hybridized carbons (Fsp3) is 0.714. The van der Waals surface area contributed by atoms with Crippen LogP contribution in [0.15, 0.2) is 11.3 Å². The van der Waals surface area contributed by atoms with E-state index in [1.54, 1.807) is 13.8 Å². The van der Waals surface area contributed by atoms with Gasteiger partial charge in [-0.25, -0.2) is 9.59 Å². The molecule has 20 heavy (non-hydrogen) atoms. The first-order valence-electron chi connectivity index (χ1n) is 6.99. The summed E-state index contributed by atoms with van der Waals surface area (Å²) >= 11 is 0. The summed E-state index contributed by atoms with van der Waals surface area (Å²) in [7, 11) is 0. The van der Waals surface area contributed by atoms with E-state index >= 15 is 0 Å². The van der Waals surface area contributed by atoms with Crippen LogP contribution in [0.2, 0.25) is 0 Å². The number of carbonyl (C=O) groups is 2. The van der Waals surface area contributed by atoms with Crippen molar-refractivity contribution in [3.8, 4) is 0 Å². The smallest absolute Gasteiger partial charge is 0.374 e. The lowest BCUT2D eigenvalue weighted by atomic mass is 10.2. The third-order valence-corrected chi connectivity index (χ3v) is 2.68. The van der Waals surface area contributed by atoms with Crippen LogP contribution in [0, 0.1) is 0 Å². The van der Waals surface area contributed by atoms with Gasteiger partial charge in [0.25, 0.3) is 0 Å². The predicted molar refractivity (Wildman–Crippen MR) is 70.6 cm³/mol. The summed E-state index contributed by atoms with van der Waals surface area (Å²) in [6.45, 7) is 6.40. The highest BCUT2D eigenvalue weighted by Gasteiger charge is 2.36. The Morgan fingerprint density at radius 3 is 2.40 bits per heavy atom. The SMILES string of the molecule is CCCCOC1CC(C(=O)OCC)=C(C(=O)OCC)O1. The molecule has 1 aliphatic heterocycles. The summed E-state index contributed by atoms with van der Waals surface area (Å²) in [4.78, 5) is 23.6. The maximum atomic E-state index is 11.8. The molecule has 0 radical (unpaired) electrons. The van der Waals surface area contributed by atoms with Crippen LogP contribution in [-0.2, 0) is 28.5 Å². The van der Waals surface area contributed by atoms with Crippen LogP contribution in [0.1, 0.15) is 40.0 Å². The van der Waals surface area contributed by atoms with Crippen molar-refractivity contribution in [2.24, 2.45) is 0 Å². The molecule has 1 unspecified atom stereocenters. The van der Waals surface area contributed by atoms with Crippen LogP contribution < -0.4 is 0 Å². The molecule has 1 heterocycles. The number of hydrogen-bond acceptors (Lipinski definition) is 6. The van der Waals surface area contributed by atoms with Crippen LogP contribution in [0.4, 0.5) is 0 Å². The van der Waals surface area contributed by atoms with Crippen molar-refractivity contribution >= 4 is 11.9 Å². The fourth-order valence-electron chi connectivity index (χ4n) is 1.72. The van der Waals surface area contributed by atoms with Crippen molar-refractivity contribution in [3.63, 3.8) is 0 Å². The van der Waals surface area contributed by atoms with Gasteiger partial charge in [-0.1, -0.05) is 13.3 Å². The van der Waals surface area contributed by atoms with Gasteiger partial charge in [-0.05, 0) is 20.3 Å². The molecule has 6 heteroatoms. The van der Waals surface area contributed by atoms with Crippen molar-refractivity contribution in [3.05, 3.63) is 11.3 Å². The molecule has 1 aliphatic rings. The average molecular weight is 286 g/mol. The average Bonchev–Trinajstić information content (AvgIpc) is 2.84. The second-order valence-electron chi connectivity index (χ2n) is 4.22. The predicted octanol–water partition coefficient (Wildman–Crippen LogP) is 1.93. The van der Waals surface area contributed by atoms with E-state index in [-0.39, 0.29) is 31.0 Å². The molecule has 0 aromatic rings. The van der Waals surface area contributed by atoms with Gasteiger partial charge in [-0.2, -0.15) is 0 Å². The zero-order valence-electron chi connectivity index (χ0n) is 12.3. The lowest BCUT2D eigenvalue weighted by Gasteiger charge is -2.12. The molecule has 0 saturated heterocycles. The standard InChI is InChI=1S/C14H22O6/c1-4-7-8-19-11-9-10(13(15)17-5-2)12(20-11)14(16)18-6-3/h11H,4-9H2,1-3H3. The van der Waals surface area contributed by atoms with E-state index < -0.39 is 18.2 Å². The molecular weight excluding hydrogens is 264 g/mol. The Kier molecular flexibility index (Phi) is 7.08. The van der Waals surface area contributed by atoms with E-state index in [2.05, 4.69) is 0 Å². The molecule has 0 spiro atoms. The van der Waals surface area contributed by atoms with Crippen molar-refractivity contribution in [1.82, 2.24) is 0 Å². The minimum Gasteiger partial charge on any atom is -0.463 e. The second-order valence-corrected chi connectivity index (χ2v) is 4.22. The molecule has 0 aromatic heterocycles. The number of unbranched alkanes of at least 4 members (excludes halogenated alkanes) is 1. The lowest BCUT2D eigenvalue weighted by molar-refractivity contribution is -0.151. The quantitative estimate of drug-likeness (QED) is 0.501. The van der Waals surface area contributed by atoms with Crippen molar-refractivity contribution < 1.29 is 28.5 Å². The van der Waals surface area contributed by atoms with Gasteiger partial charge in [-0.15, -0.1) is 0 Å². The third-order valence-electron chi connectivity index (χ3n) is 2.68. The Balaban J connectivity index is 2.71. The first-order valence-corrected chi connectivity index (χ1v) is 6.99. The van der Waals surface area contributed by atoms with Gasteiger partial charge >= 0.3 is 11.9 Å². The molecule has 0 amide bonds. The molecule has 0 aromatic carbocycles. The Morgan fingerprint density at radius 2 is 1.80 bits per heavy atom. The van der Waals surface area contributed by atoms with E-state index in [0.29, 0.717) is 6.61 Å². The monoisotopic (exact) mass is 286 g/mol. The molecular formula is C14H22O6. The van der Waals surface area contributed by atoms with E-state index in [9.17, 15) is 9.59 Å². The Morgan fingerprint density at radius 1 is 1.15 bits per heavy atom. The molecule has 0 saturated carbocycles. The van der Waals surface area contributed by atoms with Crippen molar-refractivity contribution in [1.29, 1.82) is 0 Å². The normalized spacial score (nSPS) is 17.9. The third kappa shape index (κ3) is 4.52. The number of hydrogen-bond donors (Lipinski definition) is 0. The van der Waals surface area contributed by atoms with Gasteiger partial charge in [-0.3, -0.25) is 0 Å². The van der Waals surface area contributed by atoms with Gasteiger partial charge in [0.1, 0.15) is 0 Å².